The van der Waals surface area contributed by atoms with Crippen molar-refractivity contribution >= 4 is 0 Å². The zero-order chi connectivity index (χ0) is 15.8. The number of aryl methyl sites for hydroxylation is 1. The summed E-state index contributed by atoms with van der Waals surface area (Å²) in [5, 5.41) is 16.0. The van der Waals surface area contributed by atoms with E-state index < -0.39 is 0 Å². The summed E-state index contributed by atoms with van der Waals surface area (Å²) in [5.41, 5.74) is 1.67. The number of hydrogen-bond acceptors (Lipinski definition) is 5. The van der Waals surface area contributed by atoms with Crippen LogP contribution in [0.3, 0.4) is 0 Å². The minimum Gasteiger partial charge on any atom is -0.375 e. The molecular weight excluding hydrogens is 278 g/mol. The van der Waals surface area contributed by atoms with Crippen LogP contribution in [0.15, 0.2) is 24.3 Å². The van der Waals surface area contributed by atoms with Crippen LogP contribution in [0.1, 0.15) is 38.1 Å². The summed E-state index contributed by atoms with van der Waals surface area (Å²) in [6.45, 7) is 6.98. The predicted octanol–water partition coefficient (Wildman–Crippen LogP) is 1.97. The third-order valence-electron chi connectivity index (χ3n) is 4.47. The summed E-state index contributed by atoms with van der Waals surface area (Å²) < 4.78 is 7.73. The molecule has 22 heavy (non-hydrogen) atoms. The van der Waals surface area contributed by atoms with Crippen LogP contribution in [0, 0.1) is 6.92 Å². The van der Waals surface area contributed by atoms with Crippen LogP contribution in [-0.2, 0) is 10.3 Å². The lowest BCUT2D eigenvalue weighted by Gasteiger charge is -2.43. The zero-order valence-electron chi connectivity index (χ0n) is 13.6. The van der Waals surface area contributed by atoms with Gasteiger partial charge in [-0.25, -0.2) is 0 Å². The van der Waals surface area contributed by atoms with E-state index in [0.29, 0.717) is 6.61 Å². The van der Waals surface area contributed by atoms with Crippen LogP contribution >= 0.6 is 0 Å². The second-order valence-electron chi connectivity index (χ2n) is 6.57. The number of hydrogen-bond donors (Lipinski definition) is 1. The Balaban J connectivity index is 2.09. The first-order chi connectivity index (χ1) is 10.5. The highest BCUT2D eigenvalue weighted by Crippen LogP contribution is 2.38. The molecule has 0 saturated carbocycles. The minimum atomic E-state index is -0.284. The Bertz CT molecular complexity index is 666. The van der Waals surface area contributed by atoms with Gasteiger partial charge in [-0.15, -0.1) is 5.10 Å². The fourth-order valence-electron chi connectivity index (χ4n) is 3.33. The quantitative estimate of drug-likeness (QED) is 0.939. The van der Waals surface area contributed by atoms with Crippen LogP contribution in [0.25, 0.3) is 5.69 Å². The van der Waals surface area contributed by atoms with E-state index in [-0.39, 0.29) is 11.1 Å². The van der Waals surface area contributed by atoms with Gasteiger partial charge < -0.3 is 10.1 Å². The van der Waals surface area contributed by atoms with Crippen molar-refractivity contribution in [3.63, 3.8) is 0 Å². The molecule has 118 valence electrons. The summed E-state index contributed by atoms with van der Waals surface area (Å²) >= 11 is 0. The average Bonchev–Trinajstić information content (AvgIpc) is 2.96. The maximum Gasteiger partial charge on any atom is 0.176 e. The molecule has 0 bridgehead atoms. The Hall–Kier alpha value is -1.79. The number of tetrazole rings is 1. The summed E-state index contributed by atoms with van der Waals surface area (Å²) in [6, 6.07) is 8.14. The molecule has 0 radical (unpaired) electrons. The number of benzene rings is 1. The van der Waals surface area contributed by atoms with Gasteiger partial charge in [0.15, 0.2) is 5.82 Å². The molecule has 1 aromatic carbocycles. The molecule has 1 saturated heterocycles. The van der Waals surface area contributed by atoms with E-state index >= 15 is 0 Å². The molecule has 0 aliphatic carbocycles. The standard InChI is InChI=1S/C16H23N5O/c1-12-7-5-6-8-13(12)21-14(18-19-20-21)16(17-4)9-10-22-15(2,3)11-16/h5-8,17H,9-11H2,1-4H3/t16-/m0/s1. The monoisotopic (exact) mass is 301 g/mol. The maximum atomic E-state index is 5.87. The average molecular weight is 301 g/mol. The van der Waals surface area contributed by atoms with Gasteiger partial charge in [0.2, 0.25) is 0 Å². The second-order valence-corrected chi connectivity index (χ2v) is 6.57. The summed E-state index contributed by atoms with van der Waals surface area (Å²) in [7, 11) is 1.97. The number of nitrogens with zero attached hydrogens (tertiary/aromatic N) is 4. The molecular formula is C16H23N5O. The van der Waals surface area contributed by atoms with Crippen molar-refractivity contribution in [1.82, 2.24) is 25.5 Å². The van der Waals surface area contributed by atoms with Crippen LogP contribution < -0.4 is 5.32 Å². The van der Waals surface area contributed by atoms with Crippen LogP contribution in [0.2, 0.25) is 0 Å². The second kappa shape index (κ2) is 5.44. The van der Waals surface area contributed by atoms with Crippen molar-refractivity contribution in [3.05, 3.63) is 35.7 Å². The highest BCUT2D eigenvalue weighted by atomic mass is 16.5. The molecule has 2 aromatic rings. The summed E-state index contributed by atoms with van der Waals surface area (Å²) in [5.74, 6) is 0.848. The largest absolute Gasteiger partial charge is 0.375 e. The van der Waals surface area contributed by atoms with Gasteiger partial charge in [-0.2, -0.15) is 4.68 Å². The van der Waals surface area contributed by atoms with E-state index in [2.05, 4.69) is 47.7 Å². The first-order valence-corrected chi connectivity index (χ1v) is 7.65. The Morgan fingerprint density at radius 1 is 1.27 bits per heavy atom. The van der Waals surface area contributed by atoms with Gasteiger partial charge in [0.1, 0.15) is 0 Å². The van der Waals surface area contributed by atoms with Gasteiger partial charge >= 0.3 is 0 Å². The van der Waals surface area contributed by atoms with Crippen LogP contribution in [-0.4, -0.2) is 39.5 Å². The third-order valence-corrected chi connectivity index (χ3v) is 4.47. The molecule has 0 spiro atoms. The Labute approximate surface area is 130 Å². The molecule has 1 aromatic heterocycles. The molecule has 6 heteroatoms. The normalized spacial score (nSPS) is 24.4. The number of nitrogens with one attached hydrogen (secondary N) is 1. The van der Waals surface area contributed by atoms with Gasteiger partial charge in [0, 0.05) is 13.0 Å². The smallest absolute Gasteiger partial charge is 0.176 e. The molecule has 1 aliphatic rings. The molecule has 1 aliphatic heterocycles. The van der Waals surface area contributed by atoms with Crippen molar-refractivity contribution in [1.29, 1.82) is 0 Å². The molecule has 1 fully saturated rings. The van der Waals surface area contributed by atoms with Crippen LogP contribution in [0.5, 0.6) is 0 Å². The van der Waals surface area contributed by atoms with E-state index in [4.69, 9.17) is 4.74 Å². The van der Waals surface area contributed by atoms with Crippen molar-refractivity contribution < 1.29 is 4.74 Å². The number of aromatic nitrogens is 4. The number of rotatable bonds is 3. The minimum absolute atomic E-state index is 0.205. The van der Waals surface area contributed by atoms with Crippen molar-refractivity contribution in [3.8, 4) is 5.69 Å². The zero-order valence-corrected chi connectivity index (χ0v) is 13.6. The molecule has 1 N–H and O–H groups in total. The van der Waals surface area contributed by atoms with E-state index in [0.717, 1.165) is 29.9 Å². The molecule has 0 amide bonds. The highest BCUT2D eigenvalue weighted by molar-refractivity contribution is 5.40. The summed E-state index contributed by atoms with van der Waals surface area (Å²) in [4.78, 5) is 0. The van der Waals surface area contributed by atoms with Gasteiger partial charge in [0.05, 0.1) is 16.8 Å². The summed E-state index contributed by atoms with van der Waals surface area (Å²) in [6.07, 6.45) is 1.67. The molecule has 6 nitrogen and oxygen atoms in total. The Morgan fingerprint density at radius 3 is 2.73 bits per heavy atom. The fourth-order valence-corrected chi connectivity index (χ4v) is 3.33. The van der Waals surface area contributed by atoms with Gasteiger partial charge in [-0.3, -0.25) is 0 Å². The van der Waals surface area contributed by atoms with E-state index in [1.165, 1.54) is 0 Å². The highest BCUT2D eigenvalue weighted by Gasteiger charge is 2.45. The van der Waals surface area contributed by atoms with E-state index in [9.17, 15) is 0 Å². The number of ether oxygens (including phenoxy) is 1. The van der Waals surface area contributed by atoms with Gasteiger partial charge in [-0.05, 0) is 56.3 Å². The van der Waals surface area contributed by atoms with Gasteiger partial charge in [-0.1, -0.05) is 18.2 Å². The third kappa shape index (κ3) is 2.53. The lowest BCUT2D eigenvalue weighted by molar-refractivity contribution is -0.0906. The van der Waals surface area contributed by atoms with E-state index in [1.54, 1.807) is 0 Å². The SMILES string of the molecule is CN[C@@]1(c2nnnn2-c2ccccc2C)CCOC(C)(C)C1. The molecule has 3 rings (SSSR count). The Kier molecular flexibility index (Phi) is 3.74. The lowest BCUT2D eigenvalue weighted by Crippen LogP contribution is -2.52. The fraction of sp³-hybridized carbons (Fsp3) is 0.562. The first-order valence-electron chi connectivity index (χ1n) is 7.65. The van der Waals surface area contributed by atoms with Crippen molar-refractivity contribution in [2.24, 2.45) is 0 Å². The van der Waals surface area contributed by atoms with Gasteiger partial charge in [0.25, 0.3) is 0 Å². The molecule has 1 atom stereocenters. The lowest BCUT2D eigenvalue weighted by atomic mass is 9.80. The topological polar surface area (TPSA) is 64.9 Å². The number of para-hydroxylation sites is 1. The molecule has 2 heterocycles. The predicted molar refractivity (Wildman–Crippen MR) is 83.9 cm³/mol. The maximum absolute atomic E-state index is 5.87. The molecule has 0 unspecified atom stereocenters. The van der Waals surface area contributed by atoms with Crippen LogP contribution in [0.4, 0.5) is 0 Å². The first kappa shape index (κ1) is 15.1. The van der Waals surface area contributed by atoms with E-state index in [1.807, 2.05) is 29.9 Å². The Morgan fingerprint density at radius 2 is 2.05 bits per heavy atom. The van der Waals surface area contributed by atoms with Crippen molar-refractivity contribution in [2.45, 2.75) is 44.8 Å². The van der Waals surface area contributed by atoms with Crippen molar-refractivity contribution in [2.75, 3.05) is 13.7 Å².